The fourth-order valence-electron chi connectivity index (χ4n) is 3.71. The lowest BCUT2D eigenvalue weighted by Gasteiger charge is -2.25. The summed E-state index contributed by atoms with van der Waals surface area (Å²) in [6, 6.07) is 17.5. The Morgan fingerprint density at radius 1 is 0.818 bits per heavy atom. The van der Waals surface area contributed by atoms with Crippen molar-refractivity contribution in [1.29, 1.82) is 0 Å². The van der Waals surface area contributed by atoms with Crippen molar-refractivity contribution >= 4 is 32.3 Å². The van der Waals surface area contributed by atoms with Gasteiger partial charge in [-0.15, -0.1) is 0 Å². The lowest BCUT2D eigenvalue weighted by Crippen LogP contribution is -2.15. The zero-order valence-electron chi connectivity index (χ0n) is 13.3. The van der Waals surface area contributed by atoms with Crippen LogP contribution in [0, 0.1) is 0 Å². The van der Waals surface area contributed by atoms with E-state index in [1.54, 1.807) is 0 Å². The largest absolute Gasteiger partial charge is 0.392 e. The molecule has 0 heterocycles. The van der Waals surface area contributed by atoms with E-state index in [2.05, 4.69) is 69.3 Å². The van der Waals surface area contributed by atoms with Crippen LogP contribution in [0.1, 0.15) is 31.9 Å². The first-order chi connectivity index (χ1) is 10.5. The minimum atomic E-state index is 0.0164. The minimum absolute atomic E-state index is 0.0164. The third-order valence-electron chi connectivity index (χ3n) is 4.73. The van der Waals surface area contributed by atoms with Gasteiger partial charge in [0.05, 0.1) is 6.61 Å². The fourth-order valence-corrected chi connectivity index (χ4v) is 3.71. The summed E-state index contributed by atoms with van der Waals surface area (Å²) in [6.07, 6.45) is 0. The molecule has 0 bridgehead atoms. The summed E-state index contributed by atoms with van der Waals surface area (Å²) in [5.41, 5.74) is 2.32. The Bertz CT molecular complexity index is 974. The van der Waals surface area contributed by atoms with Crippen LogP contribution in [0.4, 0.5) is 0 Å². The lowest BCUT2D eigenvalue weighted by molar-refractivity contribution is 0.280. The van der Waals surface area contributed by atoms with Crippen molar-refractivity contribution in [2.45, 2.75) is 32.8 Å². The molecular weight excluding hydrogens is 268 g/mol. The van der Waals surface area contributed by atoms with Crippen LogP contribution in [0.15, 0.2) is 48.5 Å². The SMILES string of the molecule is CC(C)(C)c1cc2ccc3cccc4ccc(c1CO)c2c34. The van der Waals surface area contributed by atoms with Crippen LogP contribution >= 0.6 is 0 Å². The predicted molar refractivity (Wildman–Crippen MR) is 94.8 cm³/mol. The van der Waals surface area contributed by atoms with Crippen molar-refractivity contribution in [3.05, 3.63) is 59.7 Å². The van der Waals surface area contributed by atoms with E-state index in [4.69, 9.17) is 0 Å². The average molecular weight is 288 g/mol. The topological polar surface area (TPSA) is 20.2 Å². The van der Waals surface area contributed by atoms with Gasteiger partial charge in [0.25, 0.3) is 0 Å². The van der Waals surface area contributed by atoms with Gasteiger partial charge in [-0.05, 0) is 48.9 Å². The number of aliphatic hydroxyl groups excluding tert-OH is 1. The molecule has 1 N–H and O–H groups in total. The van der Waals surface area contributed by atoms with E-state index in [-0.39, 0.29) is 12.0 Å². The quantitative estimate of drug-likeness (QED) is 0.467. The summed E-state index contributed by atoms with van der Waals surface area (Å²) < 4.78 is 0. The highest BCUT2D eigenvalue weighted by molar-refractivity contribution is 6.23. The zero-order valence-corrected chi connectivity index (χ0v) is 13.3. The van der Waals surface area contributed by atoms with Crippen LogP contribution in [0.3, 0.4) is 0 Å². The van der Waals surface area contributed by atoms with Crippen LogP contribution in [-0.2, 0) is 12.0 Å². The molecule has 0 aliphatic carbocycles. The van der Waals surface area contributed by atoms with Gasteiger partial charge in [0.15, 0.2) is 0 Å². The first-order valence-electron chi connectivity index (χ1n) is 7.81. The number of hydrogen-bond donors (Lipinski definition) is 1. The molecule has 4 aromatic carbocycles. The Morgan fingerprint density at radius 3 is 2.09 bits per heavy atom. The third kappa shape index (κ3) is 1.75. The van der Waals surface area contributed by atoms with E-state index < -0.39 is 0 Å². The number of hydrogen-bond acceptors (Lipinski definition) is 1. The highest BCUT2D eigenvalue weighted by Gasteiger charge is 2.21. The standard InChI is InChI=1S/C21H20O/c1-21(2,3)18-11-15-8-7-13-5-4-6-14-9-10-16(17(18)12-22)20(15)19(13)14/h4-11,22H,12H2,1-3H3. The Labute approximate surface area is 130 Å². The van der Waals surface area contributed by atoms with Crippen molar-refractivity contribution in [1.82, 2.24) is 0 Å². The number of aliphatic hydroxyl groups is 1. The van der Waals surface area contributed by atoms with Gasteiger partial charge in [-0.1, -0.05) is 69.3 Å². The van der Waals surface area contributed by atoms with E-state index in [1.807, 2.05) is 0 Å². The lowest BCUT2D eigenvalue weighted by atomic mass is 9.80. The van der Waals surface area contributed by atoms with Crippen molar-refractivity contribution in [3.63, 3.8) is 0 Å². The van der Waals surface area contributed by atoms with Gasteiger partial charge in [0, 0.05) is 0 Å². The number of benzene rings is 4. The number of rotatable bonds is 1. The Morgan fingerprint density at radius 2 is 1.45 bits per heavy atom. The molecule has 1 heteroatoms. The van der Waals surface area contributed by atoms with E-state index in [1.165, 1.54) is 37.9 Å². The van der Waals surface area contributed by atoms with Crippen LogP contribution in [0.25, 0.3) is 32.3 Å². The first-order valence-corrected chi connectivity index (χ1v) is 7.81. The van der Waals surface area contributed by atoms with Crippen molar-refractivity contribution < 1.29 is 5.11 Å². The molecule has 4 aromatic rings. The molecule has 1 nitrogen and oxygen atoms in total. The molecule has 0 aromatic heterocycles. The van der Waals surface area contributed by atoms with E-state index >= 15 is 0 Å². The smallest absolute Gasteiger partial charge is 0.0690 e. The van der Waals surface area contributed by atoms with Crippen LogP contribution in [0.2, 0.25) is 0 Å². The molecular formula is C21H20O. The second-order valence-electron chi connectivity index (χ2n) is 7.17. The molecule has 0 amide bonds. The van der Waals surface area contributed by atoms with Crippen LogP contribution < -0.4 is 0 Å². The molecule has 0 spiro atoms. The van der Waals surface area contributed by atoms with Crippen LogP contribution in [-0.4, -0.2) is 5.11 Å². The first kappa shape index (κ1) is 13.5. The van der Waals surface area contributed by atoms with Gasteiger partial charge in [-0.2, -0.15) is 0 Å². The zero-order chi connectivity index (χ0) is 15.5. The molecule has 0 aliphatic heterocycles. The van der Waals surface area contributed by atoms with Crippen molar-refractivity contribution in [3.8, 4) is 0 Å². The second-order valence-corrected chi connectivity index (χ2v) is 7.17. The molecule has 22 heavy (non-hydrogen) atoms. The maximum Gasteiger partial charge on any atom is 0.0690 e. The van der Waals surface area contributed by atoms with Gasteiger partial charge >= 0.3 is 0 Å². The summed E-state index contributed by atoms with van der Waals surface area (Å²) in [7, 11) is 0. The molecule has 0 saturated carbocycles. The molecule has 0 aliphatic rings. The maximum atomic E-state index is 10.0. The van der Waals surface area contributed by atoms with E-state index in [0.717, 1.165) is 5.56 Å². The predicted octanol–water partition coefficient (Wildman–Crippen LogP) is 5.37. The van der Waals surface area contributed by atoms with Gasteiger partial charge in [0.1, 0.15) is 0 Å². The molecule has 4 rings (SSSR count). The Balaban J connectivity index is 2.30. The highest BCUT2D eigenvalue weighted by Crippen LogP contribution is 2.40. The van der Waals surface area contributed by atoms with Crippen molar-refractivity contribution in [2.24, 2.45) is 0 Å². The van der Waals surface area contributed by atoms with E-state index in [9.17, 15) is 5.11 Å². The normalized spacial score (nSPS) is 12.7. The highest BCUT2D eigenvalue weighted by atomic mass is 16.3. The summed E-state index contributed by atoms with van der Waals surface area (Å²) in [4.78, 5) is 0. The summed E-state index contributed by atoms with van der Waals surface area (Å²) in [5.74, 6) is 0. The fraction of sp³-hybridized carbons (Fsp3) is 0.238. The van der Waals surface area contributed by atoms with Gasteiger partial charge in [0.2, 0.25) is 0 Å². The molecule has 0 atom stereocenters. The minimum Gasteiger partial charge on any atom is -0.392 e. The van der Waals surface area contributed by atoms with Crippen molar-refractivity contribution in [2.75, 3.05) is 0 Å². The molecule has 0 saturated heterocycles. The summed E-state index contributed by atoms with van der Waals surface area (Å²) >= 11 is 0. The van der Waals surface area contributed by atoms with Gasteiger partial charge in [-0.3, -0.25) is 0 Å². The average Bonchev–Trinajstić information content (AvgIpc) is 2.51. The molecule has 0 unspecified atom stereocenters. The molecule has 0 fully saturated rings. The Kier molecular flexibility index (Phi) is 2.73. The second kappa shape index (κ2) is 4.44. The maximum absolute atomic E-state index is 10.0. The van der Waals surface area contributed by atoms with Gasteiger partial charge in [-0.25, -0.2) is 0 Å². The monoisotopic (exact) mass is 288 g/mol. The third-order valence-corrected chi connectivity index (χ3v) is 4.73. The molecule has 110 valence electrons. The Hall–Kier alpha value is -2.12. The van der Waals surface area contributed by atoms with Crippen LogP contribution in [0.5, 0.6) is 0 Å². The van der Waals surface area contributed by atoms with E-state index in [0.29, 0.717) is 0 Å². The van der Waals surface area contributed by atoms with Gasteiger partial charge < -0.3 is 5.11 Å². The summed E-state index contributed by atoms with van der Waals surface area (Å²) in [6.45, 7) is 6.71. The summed E-state index contributed by atoms with van der Waals surface area (Å²) in [5, 5.41) is 17.6. The molecule has 0 radical (unpaired) electrons.